The van der Waals surface area contributed by atoms with Crippen LogP contribution in [0.15, 0.2) is 0 Å². The normalized spacial score (nSPS) is 27.4. The summed E-state index contributed by atoms with van der Waals surface area (Å²) in [6.07, 6.45) is 2.18. The smallest absolute Gasteiger partial charge is 0.242 e. The number of hydrogen-bond acceptors (Lipinski definition) is 3. The number of carbonyl (C=O) groups excluding carboxylic acids is 3. The SMILES string of the molecule is CC(=O)NCC(=O)N1[C@@H]2CC[C@H]1CNC(=O)C2. The third-order valence-corrected chi connectivity index (χ3v) is 3.35. The number of nitrogens with zero attached hydrogens (tertiary/aromatic N) is 1. The van der Waals surface area contributed by atoms with E-state index in [1.54, 1.807) is 4.90 Å². The van der Waals surface area contributed by atoms with Gasteiger partial charge >= 0.3 is 0 Å². The first-order valence-electron chi connectivity index (χ1n) is 5.90. The van der Waals surface area contributed by atoms with Crippen molar-refractivity contribution in [3.63, 3.8) is 0 Å². The highest BCUT2D eigenvalue weighted by atomic mass is 16.2. The molecule has 6 heteroatoms. The van der Waals surface area contributed by atoms with Gasteiger partial charge in [0.1, 0.15) is 0 Å². The van der Waals surface area contributed by atoms with Crippen molar-refractivity contribution in [2.45, 2.75) is 38.3 Å². The van der Waals surface area contributed by atoms with Gasteiger partial charge in [-0.15, -0.1) is 0 Å². The molecule has 2 bridgehead atoms. The molecule has 0 aliphatic carbocycles. The first kappa shape index (κ1) is 11.9. The van der Waals surface area contributed by atoms with E-state index >= 15 is 0 Å². The Morgan fingerprint density at radius 2 is 2.12 bits per heavy atom. The lowest BCUT2D eigenvalue weighted by Crippen LogP contribution is -2.47. The van der Waals surface area contributed by atoms with E-state index < -0.39 is 0 Å². The van der Waals surface area contributed by atoms with Crippen molar-refractivity contribution >= 4 is 17.7 Å². The molecule has 0 aromatic heterocycles. The van der Waals surface area contributed by atoms with Crippen LogP contribution in [0.1, 0.15) is 26.2 Å². The molecule has 2 fully saturated rings. The minimum atomic E-state index is -0.213. The van der Waals surface area contributed by atoms with Crippen molar-refractivity contribution < 1.29 is 14.4 Å². The minimum Gasteiger partial charge on any atom is -0.354 e. The first-order valence-corrected chi connectivity index (χ1v) is 5.90. The lowest BCUT2D eigenvalue weighted by molar-refractivity contribution is -0.134. The predicted molar refractivity (Wildman–Crippen MR) is 60.0 cm³/mol. The second-order valence-electron chi connectivity index (χ2n) is 4.60. The third-order valence-electron chi connectivity index (χ3n) is 3.35. The van der Waals surface area contributed by atoms with Crippen LogP contribution in [0.25, 0.3) is 0 Å². The zero-order chi connectivity index (χ0) is 12.4. The zero-order valence-corrected chi connectivity index (χ0v) is 9.86. The van der Waals surface area contributed by atoms with Crippen LogP contribution in [0.5, 0.6) is 0 Å². The van der Waals surface area contributed by atoms with Crippen LogP contribution in [-0.4, -0.2) is 47.8 Å². The van der Waals surface area contributed by atoms with E-state index in [2.05, 4.69) is 10.6 Å². The highest BCUT2D eigenvalue weighted by molar-refractivity contribution is 5.85. The van der Waals surface area contributed by atoms with Crippen LogP contribution in [0, 0.1) is 0 Å². The third kappa shape index (κ3) is 2.57. The number of nitrogens with one attached hydrogen (secondary N) is 2. The molecule has 0 saturated carbocycles. The summed E-state index contributed by atoms with van der Waals surface area (Å²) in [5.74, 6) is -0.298. The summed E-state index contributed by atoms with van der Waals surface area (Å²) in [6.45, 7) is 1.94. The fourth-order valence-electron chi connectivity index (χ4n) is 2.58. The molecule has 17 heavy (non-hydrogen) atoms. The van der Waals surface area contributed by atoms with E-state index in [1.165, 1.54) is 6.92 Å². The molecular formula is C11H17N3O3. The lowest BCUT2D eigenvalue weighted by Gasteiger charge is -2.27. The summed E-state index contributed by atoms with van der Waals surface area (Å²) in [5.41, 5.74) is 0. The zero-order valence-electron chi connectivity index (χ0n) is 9.86. The van der Waals surface area contributed by atoms with E-state index in [9.17, 15) is 14.4 Å². The van der Waals surface area contributed by atoms with Crippen molar-refractivity contribution in [2.24, 2.45) is 0 Å². The van der Waals surface area contributed by atoms with Crippen LogP contribution in [0.2, 0.25) is 0 Å². The number of hydrogen-bond donors (Lipinski definition) is 2. The Labute approximate surface area is 99.7 Å². The molecule has 0 unspecified atom stereocenters. The van der Waals surface area contributed by atoms with Gasteiger partial charge in [-0.2, -0.15) is 0 Å². The standard InChI is InChI=1S/C11H17N3O3/c1-7(15)12-6-11(17)14-8-2-3-9(14)5-13-10(16)4-8/h8-9H,2-6H2,1H3,(H,12,15)(H,13,16)/t8-,9+/m1/s1. The maximum Gasteiger partial charge on any atom is 0.242 e. The average molecular weight is 239 g/mol. The van der Waals surface area contributed by atoms with Crippen LogP contribution in [0.4, 0.5) is 0 Å². The Morgan fingerprint density at radius 1 is 1.41 bits per heavy atom. The van der Waals surface area contributed by atoms with Crippen molar-refractivity contribution in [3.05, 3.63) is 0 Å². The molecule has 2 heterocycles. The van der Waals surface area contributed by atoms with Gasteiger partial charge in [0.2, 0.25) is 17.7 Å². The Morgan fingerprint density at radius 3 is 2.82 bits per heavy atom. The van der Waals surface area contributed by atoms with Crippen LogP contribution < -0.4 is 10.6 Å². The largest absolute Gasteiger partial charge is 0.354 e. The fourth-order valence-corrected chi connectivity index (χ4v) is 2.58. The molecule has 2 aliphatic heterocycles. The van der Waals surface area contributed by atoms with Gasteiger partial charge in [0.05, 0.1) is 6.54 Å². The quantitative estimate of drug-likeness (QED) is 0.649. The van der Waals surface area contributed by atoms with Gasteiger partial charge in [0.15, 0.2) is 0 Å². The molecule has 2 saturated heterocycles. The fraction of sp³-hybridized carbons (Fsp3) is 0.727. The number of fused-ring (bicyclic) bond motifs is 2. The number of carbonyl (C=O) groups is 3. The maximum atomic E-state index is 12.0. The highest BCUT2D eigenvalue weighted by Crippen LogP contribution is 2.28. The summed E-state index contributed by atoms with van der Waals surface area (Å²) in [7, 11) is 0. The van der Waals surface area contributed by atoms with E-state index in [4.69, 9.17) is 0 Å². The Balaban J connectivity index is 2.01. The van der Waals surface area contributed by atoms with Crippen molar-refractivity contribution in [1.82, 2.24) is 15.5 Å². The molecule has 0 aromatic rings. The van der Waals surface area contributed by atoms with Gasteiger partial charge in [0, 0.05) is 32.0 Å². The summed E-state index contributed by atoms with van der Waals surface area (Å²) >= 11 is 0. The van der Waals surface area contributed by atoms with Crippen LogP contribution >= 0.6 is 0 Å². The second-order valence-corrected chi connectivity index (χ2v) is 4.60. The van der Waals surface area contributed by atoms with E-state index in [1.807, 2.05) is 0 Å². The van der Waals surface area contributed by atoms with Gasteiger partial charge in [-0.25, -0.2) is 0 Å². The van der Waals surface area contributed by atoms with Gasteiger partial charge in [-0.3, -0.25) is 14.4 Å². The second kappa shape index (κ2) is 4.73. The molecule has 3 amide bonds. The molecule has 2 N–H and O–H groups in total. The van der Waals surface area contributed by atoms with Gasteiger partial charge in [0.25, 0.3) is 0 Å². The van der Waals surface area contributed by atoms with Gasteiger partial charge in [-0.1, -0.05) is 0 Å². The maximum absolute atomic E-state index is 12.0. The van der Waals surface area contributed by atoms with E-state index in [0.717, 1.165) is 12.8 Å². The lowest BCUT2D eigenvalue weighted by atomic mass is 10.1. The van der Waals surface area contributed by atoms with Crippen molar-refractivity contribution in [3.8, 4) is 0 Å². The summed E-state index contributed by atoms with van der Waals surface area (Å²) < 4.78 is 0. The Bertz CT molecular complexity index is 356. The Kier molecular flexibility index (Phi) is 3.31. The van der Waals surface area contributed by atoms with E-state index in [-0.39, 0.29) is 36.3 Å². The monoisotopic (exact) mass is 239 g/mol. The molecule has 0 radical (unpaired) electrons. The van der Waals surface area contributed by atoms with Gasteiger partial charge in [-0.05, 0) is 12.8 Å². The van der Waals surface area contributed by atoms with Crippen molar-refractivity contribution in [1.29, 1.82) is 0 Å². The molecule has 94 valence electrons. The van der Waals surface area contributed by atoms with Crippen molar-refractivity contribution in [2.75, 3.05) is 13.1 Å². The number of amides is 3. The first-order chi connectivity index (χ1) is 8.08. The van der Waals surface area contributed by atoms with Crippen LogP contribution in [0.3, 0.4) is 0 Å². The summed E-state index contributed by atoms with van der Waals surface area (Å²) in [4.78, 5) is 35.9. The molecule has 2 rings (SSSR count). The average Bonchev–Trinajstić information content (AvgIpc) is 2.56. The molecule has 2 aliphatic rings. The molecule has 0 spiro atoms. The minimum absolute atomic E-state index is 0.00348. The van der Waals surface area contributed by atoms with E-state index in [0.29, 0.717) is 13.0 Å². The molecular weight excluding hydrogens is 222 g/mol. The predicted octanol–water partition coefficient (Wildman–Crippen LogP) is -0.998. The highest BCUT2D eigenvalue weighted by Gasteiger charge is 2.39. The van der Waals surface area contributed by atoms with Crippen LogP contribution in [-0.2, 0) is 14.4 Å². The summed E-state index contributed by atoms with van der Waals surface area (Å²) in [5, 5.41) is 5.31. The van der Waals surface area contributed by atoms with Gasteiger partial charge < -0.3 is 15.5 Å². The summed E-state index contributed by atoms with van der Waals surface area (Å²) in [6, 6.07) is 0.0940. The number of rotatable bonds is 2. The Hall–Kier alpha value is -1.59. The molecule has 0 aromatic carbocycles. The molecule has 2 atom stereocenters. The topological polar surface area (TPSA) is 78.5 Å². The molecule has 6 nitrogen and oxygen atoms in total.